The van der Waals surface area contributed by atoms with Gasteiger partial charge in [0.15, 0.2) is 0 Å². The number of carbonyl (C=O) groups excluding carboxylic acids is 1. The summed E-state index contributed by atoms with van der Waals surface area (Å²) in [6, 6.07) is 6.84. The van der Waals surface area contributed by atoms with Crippen LogP contribution < -0.4 is 5.73 Å². The van der Waals surface area contributed by atoms with Crippen LogP contribution in [0.15, 0.2) is 36.7 Å². The van der Waals surface area contributed by atoms with Crippen LogP contribution in [0.3, 0.4) is 0 Å². The van der Waals surface area contributed by atoms with Crippen LogP contribution in [0.4, 0.5) is 5.69 Å². The number of benzene rings is 1. The van der Waals surface area contributed by atoms with Gasteiger partial charge in [0.2, 0.25) is 0 Å². The molecule has 0 aliphatic rings. The SMILES string of the molecule is CCN(Cc1ccncc1)C(=O)c1cc(N)c(Cl)c(Cl)c1. The molecule has 0 spiro atoms. The van der Waals surface area contributed by atoms with Gasteiger partial charge in [-0.05, 0) is 36.8 Å². The molecule has 1 aromatic heterocycles. The highest BCUT2D eigenvalue weighted by molar-refractivity contribution is 6.43. The van der Waals surface area contributed by atoms with Gasteiger partial charge < -0.3 is 10.6 Å². The first-order valence-corrected chi connectivity index (χ1v) is 7.21. The van der Waals surface area contributed by atoms with Gasteiger partial charge in [0.05, 0.1) is 15.7 Å². The molecule has 0 radical (unpaired) electrons. The number of hydrogen-bond donors (Lipinski definition) is 1. The van der Waals surface area contributed by atoms with Gasteiger partial charge >= 0.3 is 0 Å². The molecule has 6 heteroatoms. The standard InChI is InChI=1S/C15H15Cl2N3O/c1-2-20(9-10-3-5-19-6-4-10)15(21)11-7-12(16)14(17)13(18)8-11/h3-8H,2,9,18H2,1H3. The van der Waals surface area contributed by atoms with Crippen molar-refractivity contribution in [2.24, 2.45) is 0 Å². The first-order valence-electron chi connectivity index (χ1n) is 6.45. The van der Waals surface area contributed by atoms with E-state index in [0.29, 0.717) is 24.3 Å². The van der Waals surface area contributed by atoms with Gasteiger partial charge in [0, 0.05) is 31.0 Å². The van der Waals surface area contributed by atoms with Gasteiger partial charge in [0.1, 0.15) is 0 Å². The summed E-state index contributed by atoms with van der Waals surface area (Å²) in [5.41, 5.74) is 7.49. The molecule has 110 valence electrons. The fraction of sp³-hybridized carbons (Fsp3) is 0.200. The molecule has 0 unspecified atom stereocenters. The average molecular weight is 324 g/mol. The molecular formula is C15H15Cl2N3O. The monoisotopic (exact) mass is 323 g/mol. The van der Waals surface area contributed by atoms with E-state index in [9.17, 15) is 4.79 Å². The highest BCUT2D eigenvalue weighted by atomic mass is 35.5. The summed E-state index contributed by atoms with van der Waals surface area (Å²) >= 11 is 11.9. The zero-order valence-electron chi connectivity index (χ0n) is 11.5. The number of rotatable bonds is 4. The van der Waals surface area contributed by atoms with Crippen molar-refractivity contribution < 1.29 is 4.79 Å². The lowest BCUT2D eigenvalue weighted by atomic mass is 10.1. The molecule has 0 bridgehead atoms. The van der Waals surface area contributed by atoms with Crippen molar-refractivity contribution in [2.45, 2.75) is 13.5 Å². The Morgan fingerprint density at radius 3 is 2.52 bits per heavy atom. The summed E-state index contributed by atoms with van der Waals surface area (Å²) in [5, 5.41) is 0.547. The molecule has 0 atom stereocenters. The zero-order valence-corrected chi connectivity index (χ0v) is 13.0. The molecule has 0 aliphatic heterocycles. The number of aromatic nitrogens is 1. The smallest absolute Gasteiger partial charge is 0.254 e. The van der Waals surface area contributed by atoms with Crippen molar-refractivity contribution >= 4 is 34.8 Å². The molecule has 21 heavy (non-hydrogen) atoms. The van der Waals surface area contributed by atoms with Crippen molar-refractivity contribution in [1.29, 1.82) is 0 Å². The van der Waals surface area contributed by atoms with E-state index in [-0.39, 0.29) is 16.0 Å². The maximum absolute atomic E-state index is 12.5. The van der Waals surface area contributed by atoms with E-state index in [0.717, 1.165) is 5.56 Å². The molecule has 0 saturated carbocycles. The van der Waals surface area contributed by atoms with Crippen molar-refractivity contribution in [1.82, 2.24) is 9.88 Å². The highest BCUT2D eigenvalue weighted by Gasteiger charge is 2.17. The topological polar surface area (TPSA) is 59.2 Å². The van der Waals surface area contributed by atoms with Crippen molar-refractivity contribution in [3.05, 3.63) is 57.8 Å². The first-order chi connectivity index (χ1) is 10.0. The second-order valence-electron chi connectivity index (χ2n) is 4.54. The van der Waals surface area contributed by atoms with Crippen molar-refractivity contribution in [3.8, 4) is 0 Å². The Balaban J connectivity index is 2.24. The van der Waals surface area contributed by atoms with Gasteiger partial charge in [-0.1, -0.05) is 23.2 Å². The molecule has 2 rings (SSSR count). The van der Waals surface area contributed by atoms with Gasteiger partial charge in [-0.25, -0.2) is 0 Å². The first kappa shape index (κ1) is 15.6. The van der Waals surface area contributed by atoms with E-state index in [4.69, 9.17) is 28.9 Å². The number of halogens is 2. The van der Waals surface area contributed by atoms with Crippen LogP contribution in [-0.4, -0.2) is 22.3 Å². The van der Waals surface area contributed by atoms with Crippen molar-refractivity contribution in [3.63, 3.8) is 0 Å². The predicted octanol–water partition coefficient (Wildman–Crippen LogP) is 3.63. The number of carbonyl (C=O) groups is 1. The predicted molar refractivity (Wildman–Crippen MR) is 85.5 cm³/mol. The fourth-order valence-corrected chi connectivity index (χ4v) is 2.29. The van der Waals surface area contributed by atoms with Crippen LogP contribution in [0.25, 0.3) is 0 Å². The van der Waals surface area contributed by atoms with Crippen LogP contribution in [-0.2, 0) is 6.54 Å². The normalized spacial score (nSPS) is 10.4. The van der Waals surface area contributed by atoms with Gasteiger partial charge in [-0.15, -0.1) is 0 Å². The maximum Gasteiger partial charge on any atom is 0.254 e. The van der Waals surface area contributed by atoms with E-state index >= 15 is 0 Å². The minimum atomic E-state index is -0.139. The summed E-state index contributed by atoms with van der Waals surface area (Å²) in [4.78, 5) is 18.2. The number of anilines is 1. The Labute approximate surface area is 133 Å². The summed E-state index contributed by atoms with van der Waals surface area (Å²) in [5.74, 6) is -0.139. The number of nitrogen functional groups attached to an aromatic ring is 1. The minimum Gasteiger partial charge on any atom is -0.397 e. The number of hydrogen-bond acceptors (Lipinski definition) is 3. The number of nitrogens with zero attached hydrogens (tertiary/aromatic N) is 2. The summed E-state index contributed by atoms with van der Waals surface area (Å²) in [7, 11) is 0. The summed E-state index contributed by atoms with van der Waals surface area (Å²) in [6.45, 7) is 2.99. The third-order valence-electron chi connectivity index (χ3n) is 3.10. The number of amides is 1. The molecule has 0 aliphatic carbocycles. The van der Waals surface area contributed by atoms with E-state index in [1.165, 1.54) is 6.07 Å². The van der Waals surface area contributed by atoms with Gasteiger partial charge in [0.25, 0.3) is 5.91 Å². The molecule has 0 fully saturated rings. The Hall–Kier alpha value is -1.78. The molecule has 1 amide bonds. The van der Waals surface area contributed by atoms with E-state index in [1.54, 1.807) is 23.4 Å². The third-order valence-corrected chi connectivity index (χ3v) is 3.91. The number of nitrogens with two attached hydrogens (primary N) is 1. The van der Waals surface area contributed by atoms with Gasteiger partial charge in [-0.2, -0.15) is 0 Å². The van der Waals surface area contributed by atoms with E-state index < -0.39 is 0 Å². The second kappa shape index (κ2) is 6.78. The molecule has 4 nitrogen and oxygen atoms in total. The van der Waals surface area contributed by atoms with Crippen LogP contribution in [0, 0.1) is 0 Å². The maximum atomic E-state index is 12.5. The quantitative estimate of drug-likeness (QED) is 0.874. The van der Waals surface area contributed by atoms with Crippen molar-refractivity contribution in [2.75, 3.05) is 12.3 Å². The summed E-state index contributed by atoms with van der Waals surface area (Å²) in [6.07, 6.45) is 3.40. The van der Waals surface area contributed by atoms with E-state index in [2.05, 4.69) is 4.98 Å². The van der Waals surface area contributed by atoms with Crippen LogP contribution >= 0.6 is 23.2 Å². The zero-order chi connectivity index (χ0) is 15.4. The number of pyridine rings is 1. The molecule has 0 saturated heterocycles. The second-order valence-corrected chi connectivity index (χ2v) is 5.32. The van der Waals surface area contributed by atoms with Crippen LogP contribution in [0.2, 0.25) is 10.0 Å². The molecule has 1 heterocycles. The minimum absolute atomic E-state index is 0.139. The highest BCUT2D eigenvalue weighted by Crippen LogP contribution is 2.30. The molecule has 2 aromatic rings. The lowest BCUT2D eigenvalue weighted by Crippen LogP contribution is -2.30. The largest absolute Gasteiger partial charge is 0.397 e. The Kier molecular flexibility index (Phi) is 5.04. The van der Waals surface area contributed by atoms with Crippen LogP contribution in [0.1, 0.15) is 22.8 Å². The van der Waals surface area contributed by atoms with Gasteiger partial charge in [-0.3, -0.25) is 9.78 Å². The molecule has 1 aromatic carbocycles. The Morgan fingerprint density at radius 1 is 1.29 bits per heavy atom. The average Bonchev–Trinajstić information content (AvgIpc) is 2.50. The van der Waals surface area contributed by atoms with Crippen LogP contribution in [0.5, 0.6) is 0 Å². The van der Waals surface area contributed by atoms with E-state index in [1.807, 2.05) is 19.1 Å². The lowest BCUT2D eigenvalue weighted by molar-refractivity contribution is 0.0752. The lowest BCUT2D eigenvalue weighted by Gasteiger charge is -2.21. The fourth-order valence-electron chi connectivity index (χ4n) is 1.95. The molecular weight excluding hydrogens is 309 g/mol. The molecule has 2 N–H and O–H groups in total. The summed E-state index contributed by atoms with van der Waals surface area (Å²) < 4.78 is 0. The Morgan fingerprint density at radius 2 is 1.95 bits per heavy atom. The Bertz CT molecular complexity index is 624. The third kappa shape index (κ3) is 3.65.